The van der Waals surface area contributed by atoms with E-state index in [4.69, 9.17) is 5.73 Å². The number of sulfone groups is 1. The molecule has 1 aliphatic carbocycles. The Labute approximate surface area is 172 Å². The highest BCUT2D eigenvalue weighted by Crippen LogP contribution is 2.24. The average molecular weight is 485 g/mol. The molecule has 2 aromatic rings. The maximum Gasteiger partial charge on any atom is 0.193 e. The van der Waals surface area contributed by atoms with E-state index in [9.17, 15) is 8.42 Å². The van der Waals surface area contributed by atoms with Gasteiger partial charge in [0, 0.05) is 12.2 Å². The molecule has 2 aromatic carbocycles. The summed E-state index contributed by atoms with van der Waals surface area (Å²) in [6.45, 7) is 0.371. The van der Waals surface area contributed by atoms with Crippen molar-refractivity contribution in [1.29, 1.82) is 0 Å². The first-order valence-electron chi connectivity index (χ1n) is 8.51. The van der Waals surface area contributed by atoms with Gasteiger partial charge in [-0.2, -0.15) is 0 Å². The summed E-state index contributed by atoms with van der Waals surface area (Å²) in [5.41, 5.74) is 9.61. The van der Waals surface area contributed by atoms with Gasteiger partial charge in [-0.1, -0.05) is 24.3 Å². The van der Waals surface area contributed by atoms with E-state index in [0.717, 1.165) is 18.5 Å². The first-order chi connectivity index (χ1) is 12.0. The van der Waals surface area contributed by atoms with Crippen LogP contribution in [0.15, 0.2) is 58.4 Å². The zero-order valence-electron chi connectivity index (χ0n) is 14.5. The van der Waals surface area contributed by atoms with Crippen molar-refractivity contribution >= 4 is 45.5 Å². The van der Waals surface area contributed by atoms with Crippen LogP contribution in [-0.2, 0) is 22.7 Å². The molecule has 0 aliphatic heterocycles. The Morgan fingerprint density at radius 2 is 1.81 bits per heavy atom. The fraction of sp³-hybridized carbons (Fsp3) is 0.316. The van der Waals surface area contributed by atoms with E-state index < -0.39 is 9.84 Å². The molecule has 0 spiro atoms. The number of fused-ring (bicyclic) bond motifs is 1. The molecule has 0 fully saturated rings. The van der Waals surface area contributed by atoms with Gasteiger partial charge in [-0.15, -0.1) is 24.0 Å². The molecule has 0 atom stereocenters. The topological polar surface area (TPSA) is 84.5 Å². The van der Waals surface area contributed by atoms with Gasteiger partial charge in [0.05, 0.1) is 10.6 Å². The molecule has 5 nitrogen and oxygen atoms in total. The predicted molar refractivity (Wildman–Crippen MR) is 117 cm³/mol. The standard InChI is InChI=1S/C19H23N3O2S.HI/c20-19(22-17-11-10-15-6-4-7-16(15)14-17)21-12-5-13-25(23,24)18-8-2-1-3-9-18;/h1-3,8-11,14H,4-7,12-13H2,(H3,20,21,22);1H. The molecule has 0 saturated carbocycles. The number of benzene rings is 2. The molecule has 0 aromatic heterocycles. The maximum atomic E-state index is 12.2. The van der Waals surface area contributed by atoms with Crippen molar-refractivity contribution in [2.75, 3.05) is 17.6 Å². The fourth-order valence-corrected chi connectivity index (χ4v) is 4.35. The number of halogens is 1. The van der Waals surface area contributed by atoms with E-state index in [0.29, 0.717) is 23.8 Å². The monoisotopic (exact) mass is 485 g/mol. The summed E-state index contributed by atoms with van der Waals surface area (Å²) in [6, 6.07) is 14.7. The molecule has 7 heteroatoms. The Morgan fingerprint density at radius 3 is 2.58 bits per heavy atom. The second-order valence-corrected chi connectivity index (χ2v) is 8.32. The number of anilines is 1. The van der Waals surface area contributed by atoms with Gasteiger partial charge < -0.3 is 11.1 Å². The zero-order valence-corrected chi connectivity index (χ0v) is 17.7. The minimum absolute atomic E-state index is 0. The Kier molecular flexibility index (Phi) is 7.45. The van der Waals surface area contributed by atoms with Crippen LogP contribution in [0.4, 0.5) is 5.69 Å². The molecule has 0 unspecified atom stereocenters. The summed E-state index contributed by atoms with van der Waals surface area (Å²) in [5, 5.41) is 3.08. The number of hydrogen-bond donors (Lipinski definition) is 2. The predicted octanol–water partition coefficient (Wildman–Crippen LogP) is 3.38. The van der Waals surface area contributed by atoms with Crippen molar-refractivity contribution in [1.82, 2.24) is 0 Å². The highest BCUT2D eigenvalue weighted by molar-refractivity contribution is 14.0. The molecule has 0 saturated heterocycles. The Bertz CT molecular complexity index is 868. The molecule has 3 rings (SSSR count). The second-order valence-electron chi connectivity index (χ2n) is 6.21. The number of aliphatic imine (C=N–C) groups is 1. The van der Waals surface area contributed by atoms with Crippen LogP contribution in [-0.4, -0.2) is 26.7 Å². The van der Waals surface area contributed by atoms with Gasteiger partial charge in [0.2, 0.25) is 0 Å². The second kappa shape index (κ2) is 9.36. The minimum Gasteiger partial charge on any atom is -0.370 e. The van der Waals surface area contributed by atoms with Crippen molar-refractivity contribution in [3.8, 4) is 0 Å². The summed E-state index contributed by atoms with van der Waals surface area (Å²) >= 11 is 0. The number of nitrogens with zero attached hydrogens (tertiary/aromatic N) is 1. The summed E-state index contributed by atoms with van der Waals surface area (Å²) in [4.78, 5) is 4.58. The lowest BCUT2D eigenvalue weighted by Gasteiger charge is -2.08. The third kappa shape index (κ3) is 5.44. The molecule has 0 radical (unpaired) electrons. The van der Waals surface area contributed by atoms with E-state index in [2.05, 4.69) is 22.4 Å². The van der Waals surface area contributed by atoms with E-state index in [1.165, 1.54) is 17.5 Å². The summed E-state index contributed by atoms with van der Waals surface area (Å²) in [7, 11) is -3.25. The van der Waals surface area contributed by atoms with Gasteiger partial charge >= 0.3 is 0 Å². The first-order valence-corrected chi connectivity index (χ1v) is 10.2. The third-order valence-corrected chi connectivity index (χ3v) is 6.14. The highest BCUT2D eigenvalue weighted by Gasteiger charge is 2.13. The van der Waals surface area contributed by atoms with Crippen LogP contribution in [0.5, 0.6) is 0 Å². The molecule has 0 heterocycles. The van der Waals surface area contributed by atoms with Crippen LogP contribution in [0.25, 0.3) is 0 Å². The quantitative estimate of drug-likeness (QED) is 0.285. The number of nitrogens with two attached hydrogens (primary N) is 1. The maximum absolute atomic E-state index is 12.2. The van der Waals surface area contributed by atoms with Crippen molar-refractivity contribution in [2.45, 2.75) is 30.6 Å². The number of aryl methyl sites for hydroxylation is 2. The van der Waals surface area contributed by atoms with Crippen molar-refractivity contribution < 1.29 is 8.42 Å². The third-order valence-electron chi connectivity index (χ3n) is 4.33. The highest BCUT2D eigenvalue weighted by atomic mass is 127. The van der Waals surface area contributed by atoms with Crippen LogP contribution >= 0.6 is 24.0 Å². The largest absolute Gasteiger partial charge is 0.370 e. The fourth-order valence-electron chi connectivity index (χ4n) is 3.04. The van der Waals surface area contributed by atoms with E-state index in [1.54, 1.807) is 30.3 Å². The molecule has 0 bridgehead atoms. The first kappa shape index (κ1) is 20.7. The summed E-state index contributed by atoms with van der Waals surface area (Å²) in [6.07, 6.45) is 3.90. The lowest BCUT2D eigenvalue weighted by atomic mass is 10.1. The summed E-state index contributed by atoms with van der Waals surface area (Å²) < 4.78 is 24.4. The van der Waals surface area contributed by atoms with Gasteiger partial charge in [0.15, 0.2) is 15.8 Å². The van der Waals surface area contributed by atoms with Crippen LogP contribution < -0.4 is 11.1 Å². The van der Waals surface area contributed by atoms with Gasteiger partial charge in [0.1, 0.15) is 0 Å². The Morgan fingerprint density at radius 1 is 1.08 bits per heavy atom. The van der Waals surface area contributed by atoms with E-state index >= 15 is 0 Å². The number of guanidine groups is 1. The lowest BCUT2D eigenvalue weighted by Crippen LogP contribution is -2.23. The van der Waals surface area contributed by atoms with Crippen LogP contribution in [0.3, 0.4) is 0 Å². The zero-order chi connectivity index (χ0) is 17.7. The van der Waals surface area contributed by atoms with Gasteiger partial charge in [0.25, 0.3) is 0 Å². The minimum atomic E-state index is -3.25. The van der Waals surface area contributed by atoms with Crippen LogP contribution in [0.2, 0.25) is 0 Å². The molecule has 0 amide bonds. The molecule has 1 aliphatic rings. The lowest BCUT2D eigenvalue weighted by molar-refractivity contribution is 0.593. The van der Waals surface area contributed by atoms with E-state index in [-0.39, 0.29) is 29.7 Å². The molecule has 3 N–H and O–H groups in total. The van der Waals surface area contributed by atoms with Crippen LogP contribution in [0.1, 0.15) is 24.0 Å². The van der Waals surface area contributed by atoms with Gasteiger partial charge in [-0.05, 0) is 61.1 Å². The molecular formula is C19H24IN3O2S. The van der Waals surface area contributed by atoms with Gasteiger partial charge in [-0.25, -0.2) is 8.42 Å². The average Bonchev–Trinajstić information content (AvgIpc) is 3.07. The SMILES string of the molecule is I.NC(=NCCCS(=O)(=O)c1ccccc1)Nc1ccc2c(c1)CCC2. The number of hydrogen-bond acceptors (Lipinski definition) is 3. The van der Waals surface area contributed by atoms with Gasteiger partial charge in [-0.3, -0.25) is 4.99 Å². The van der Waals surface area contributed by atoms with Crippen molar-refractivity contribution in [3.05, 3.63) is 59.7 Å². The smallest absolute Gasteiger partial charge is 0.193 e. The van der Waals surface area contributed by atoms with E-state index in [1.807, 2.05) is 6.07 Å². The van der Waals surface area contributed by atoms with Crippen molar-refractivity contribution in [2.24, 2.45) is 10.7 Å². The number of nitrogens with one attached hydrogen (secondary N) is 1. The summed E-state index contributed by atoms with van der Waals surface area (Å²) in [5.74, 6) is 0.377. The van der Waals surface area contributed by atoms with Crippen molar-refractivity contribution in [3.63, 3.8) is 0 Å². The Balaban J connectivity index is 0.00000243. The Hall–Kier alpha value is -1.61. The molecular weight excluding hydrogens is 461 g/mol. The molecule has 140 valence electrons. The molecule has 26 heavy (non-hydrogen) atoms. The normalized spacial score (nSPS) is 13.8. The number of rotatable bonds is 6. The van der Waals surface area contributed by atoms with Crippen LogP contribution in [0, 0.1) is 0 Å².